The summed E-state index contributed by atoms with van der Waals surface area (Å²) in [7, 11) is 2.00. The van der Waals surface area contributed by atoms with E-state index in [1.165, 1.54) is 0 Å². The number of aliphatic hydroxyl groups is 2. The molecular weight excluding hydrogens is 482 g/mol. The maximum atomic E-state index is 8.07. The molecule has 2 aromatic heterocycles. The Hall–Kier alpha value is -2.04. The number of hydrogen-bond donors (Lipinski definition) is 2. The van der Waals surface area contributed by atoms with Crippen LogP contribution in [-0.4, -0.2) is 29.4 Å². The molecule has 2 aromatic carbocycles. The third-order valence-corrected chi connectivity index (χ3v) is 3.04. The number of para-hydroxylation sites is 1. The molecule has 0 fully saturated rings. The molecule has 4 nitrogen and oxygen atoms in total. The summed E-state index contributed by atoms with van der Waals surface area (Å²) in [5.74, 6) is 0. The SMILES string of the molecule is CO.CO.[2H]c1nc(-c2[c-]ccc3c2oc2ccccc23)c([2H])c([2H])c1[2H].[Ir]. The Bertz CT molecular complexity index is 1090. The number of aromatic nitrogens is 1. The van der Waals surface area contributed by atoms with Crippen molar-refractivity contribution in [3.8, 4) is 11.3 Å². The first-order valence-electron chi connectivity index (χ1n) is 8.74. The van der Waals surface area contributed by atoms with E-state index in [-0.39, 0.29) is 50.1 Å². The first-order valence-corrected chi connectivity index (χ1v) is 6.74. The van der Waals surface area contributed by atoms with Crippen LogP contribution in [0.3, 0.4) is 0 Å². The van der Waals surface area contributed by atoms with E-state index in [1.807, 2.05) is 30.3 Å². The smallest absolute Gasteiger partial charge is 0.120 e. The molecule has 2 heterocycles. The second-order valence-electron chi connectivity index (χ2n) is 4.14. The van der Waals surface area contributed by atoms with Gasteiger partial charge in [-0.25, -0.2) is 0 Å². The zero-order chi connectivity index (χ0) is 20.1. The van der Waals surface area contributed by atoms with Gasteiger partial charge in [-0.2, -0.15) is 0 Å². The van der Waals surface area contributed by atoms with Gasteiger partial charge in [-0.05, 0) is 17.8 Å². The Morgan fingerprint density at radius 1 is 1.04 bits per heavy atom. The minimum absolute atomic E-state index is 0. The summed E-state index contributed by atoms with van der Waals surface area (Å²) in [5, 5.41) is 15.8. The number of rotatable bonds is 1. The first-order chi connectivity index (χ1) is 13.1. The minimum atomic E-state index is -0.351. The maximum absolute atomic E-state index is 8.07. The first kappa shape index (κ1) is 14.3. The van der Waals surface area contributed by atoms with Crippen molar-refractivity contribution in [2.45, 2.75) is 0 Å². The second-order valence-corrected chi connectivity index (χ2v) is 4.14. The van der Waals surface area contributed by atoms with Crippen LogP contribution in [0.1, 0.15) is 5.48 Å². The van der Waals surface area contributed by atoms with Crippen LogP contribution in [0.2, 0.25) is 0 Å². The quantitative estimate of drug-likeness (QED) is 0.389. The van der Waals surface area contributed by atoms with Gasteiger partial charge in [-0.3, -0.25) is 0 Å². The van der Waals surface area contributed by atoms with E-state index in [9.17, 15) is 0 Å². The van der Waals surface area contributed by atoms with Crippen molar-refractivity contribution in [2.75, 3.05) is 14.2 Å². The molecule has 127 valence electrons. The zero-order valence-corrected chi connectivity index (χ0v) is 15.4. The molecule has 0 aliphatic heterocycles. The van der Waals surface area contributed by atoms with Crippen LogP contribution >= 0.6 is 0 Å². The number of pyridine rings is 1. The van der Waals surface area contributed by atoms with Gasteiger partial charge >= 0.3 is 0 Å². The topological polar surface area (TPSA) is 66.5 Å². The molecular formula is C19H18IrNO3-. The van der Waals surface area contributed by atoms with Gasteiger partial charge in [-0.1, -0.05) is 41.2 Å². The van der Waals surface area contributed by atoms with Crippen LogP contribution in [-0.2, 0) is 20.1 Å². The standard InChI is InChI=1S/C17H10NO.2CH4O.Ir/c1-2-10-16-12(6-1)13-7-5-8-14(17(13)19-16)15-9-3-4-11-18-15;2*1-2;/h1-7,9-11H;2*2H,1H3;/q-1;;;/i3D,4D,9D,11D;;;. The largest absolute Gasteiger partial charge is 0.501 e. The Kier molecular flexibility index (Phi) is 5.94. The third-order valence-electron chi connectivity index (χ3n) is 3.04. The van der Waals surface area contributed by atoms with E-state index in [1.54, 1.807) is 6.07 Å². The van der Waals surface area contributed by atoms with Crippen LogP contribution in [0.5, 0.6) is 0 Å². The fraction of sp³-hybridized carbons (Fsp3) is 0.105. The molecule has 24 heavy (non-hydrogen) atoms. The monoisotopic (exact) mass is 505 g/mol. The van der Waals surface area contributed by atoms with Crippen molar-refractivity contribution in [3.05, 3.63) is 66.8 Å². The number of aliphatic hydroxyl groups excluding tert-OH is 2. The van der Waals surface area contributed by atoms with E-state index in [0.717, 1.165) is 25.0 Å². The van der Waals surface area contributed by atoms with E-state index in [2.05, 4.69) is 11.1 Å². The zero-order valence-electron chi connectivity index (χ0n) is 17.0. The molecule has 0 aliphatic rings. The summed E-state index contributed by atoms with van der Waals surface area (Å²) in [6.45, 7) is 0. The van der Waals surface area contributed by atoms with E-state index >= 15 is 0 Å². The van der Waals surface area contributed by atoms with Gasteiger partial charge < -0.3 is 19.6 Å². The van der Waals surface area contributed by atoms with Gasteiger partial charge in [0, 0.05) is 45.9 Å². The normalized spacial score (nSPS) is 11.7. The molecule has 0 bridgehead atoms. The minimum Gasteiger partial charge on any atom is -0.501 e. The number of benzene rings is 2. The molecule has 4 rings (SSSR count). The fourth-order valence-corrected chi connectivity index (χ4v) is 2.21. The van der Waals surface area contributed by atoms with Crippen LogP contribution in [0, 0.1) is 6.07 Å². The van der Waals surface area contributed by atoms with Crippen molar-refractivity contribution < 1.29 is 40.2 Å². The van der Waals surface area contributed by atoms with Gasteiger partial charge in [-0.15, -0.1) is 18.2 Å². The Labute approximate surface area is 159 Å². The molecule has 0 spiro atoms. The molecule has 5 heteroatoms. The van der Waals surface area contributed by atoms with Crippen molar-refractivity contribution in [1.29, 1.82) is 0 Å². The van der Waals surface area contributed by atoms with Crippen molar-refractivity contribution >= 4 is 21.9 Å². The molecule has 0 amide bonds. The van der Waals surface area contributed by atoms with Gasteiger partial charge in [0.25, 0.3) is 0 Å². The predicted molar refractivity (Wildman–Crippen MR) is 92.1 cm³/mol. The van der Waals surface area contributed by atoms with Gasteiger partial charge in [0.1, 0.15) is 5.58 Å². The molecule has 0 saturated heterocycles. The average molecular weight is 505 g/mol. The number of nitrogens with zero attached hydrogens (tertiary/aromatic N) is 1. The summed E-state index contributed by atoms with van der Waals surface area (Å²) >= 11 is 0. The van der Waals surface area contributed by atoms with Crippen LogP contribution < -0.4 is 0 Å². The Balaban J connectivity index is 0.000000739. The second kappa shape index (κ2) is 9.96. The van der Waals surface area contributed by atoms with Gasteiger partial charge in [0.05, 0.1) is 11.1 Å². The van der Waals surface area contributed by atoms with Crippen molar-refractivity contribution in [3.63, 3.8) is 0 Å². The van der Waals surface area contributed by atoms with Crippen molar-refractivity contribution in [1.82, 2.24) is 4.98 Å². The number of hydrogen-bond acceptors (Lipinski definition) is 4. The van der Waals surface area contributed by atoms with Crippen LogP contribution in [0.4, 0.5) is 0 Å². The molecule has 2 N–H and O–H groups in total. The van der Waals surface area contributed by atoms with Gasteiger partial charge in [0.15, 0.2) is 0 Å². The summed E-state index contributed by atoms with van der Waals surface area (Å²) < 4.78 is 37.1. The molecule has 0 aliphatic carbocycles. The summed E-state index contributed by atoms with van der Waals surface area (Å²) in [6.07, 6.45) is -0.331. The van der Waals surface area contributed by atoms with E-state index in [4.69, 9.17) is 20.1 Å². The summed E-state index contributed by atoms with van der Waals surface area (Å²) in [5.41, 5.74) is 1.81. The Morgan fingerprint density at radius 3 is 2.58 bits per heavy atom. The summed E-state index contributed by atoms with van der Waals surface area (Å²) in [4.78, 5) is 4.00. The number of furan rings is 1. The summed E-state index contributed by atoms with van der Waals surface area (Å²) in [6, 6.07) is 13.3. The molecule has 4 aromatic rings. The van der Waals surface area contributed by atoms with Crippen LogP contribution in [0.15, 0.2) is 65.1 Å². The van der Waals surface area contributed by atoms with Crippen LogP contribution in [0.25, 0.3) is 33.2 Å². The predicted octanol–water partition coefficient (Wildman–Crippen LogP) is 3.66. The average Bonchev–Trinajstić information content (AvgIpc) is 3.11. The van der Waals surface area contributed by atoms with E-state index < -0.39 is 0 Å². The Morgan fingerprint density at radius 2 is 1.79 bits per heavy atom. The fourth-order valence-electron chi connectivity index (χ4n) is 2.21. The van der Waals surface area contributed by atoms with Crippen molar-refractivity contribution in [2.24, 2.45) is 0 Å². The van der Waals surface area contributed by atoms with E-state index in [0.29, 0.717) is 16.7 Å². The third kappa shape index (κ3) is 3.89. The maximum Gasteiger partial charge on any atom is 0.120 e. The van der Waals surface area contributed by atoms with Gasteiger partial charge in [0.2, 0.25) is 0 Å². The number of fused-ring (bicyclic) bond motifs is 3. The molecule has 0 unspecified atom stereocenters. The molecule has 1 radical (unpaired) electrons. The molecule has 0 saturated carbocycles. The molecule has 0 atom stereocenters.